The zero-order valence-electron chi connectivity index (χ0n) is 12.4. The lowest BCUT2D eigenvalue weighted by Gasteiger charge is -2.10. The summed E-state index contributed by atoms with van der Waals surface area (Å²) in [6.07, 6.45) is 2.18. The Morgan fingerprint density at radius 1 is 1.17 bits per heavy atom. The SMILES string of the molecule is C=CCNC(=O)NC(=O)COc1ccc2ccccc2c1C=O. The van der Waals surface area contributed by atoms with Crippen LogP contribution >= 0.6 is 0 Å². The maximum atomic E-state index is 11.6. The van der Waals surface area contributed by atoms with E-state index in [1.54, 1.807) is 18.2 Å². The van der Waals surface area contributed by atoms with Gasteiger partial charge in [-0.2, -0.15) is 0 Å². The number of amides is 3. The van der Waals surface area contributed by atoms with Crippen molar-refractivity contribution in [3.63, 3.8) is 0 Å². The third-order valence-corrected chi connectivity index (χ3v) is 3.07. The zero-order valence-corrected chi connectivity index (χ0v) is 12.4. The fourth-order valence-electron chi connectivity index (χ4n) is 2.04. The first-order valence-electron chi connectivity index (χ1n) is 6.94. The topological polar surface area (TPSA) is 84.5 Å². The summed E-state index contributed by atoms with van der Waals surface area (Å²) in [6, 6.07) is 10.1. The van der Waals surface area contributed by atoms with Gasteiger partial charge in [0.1, 0.15) is 5.75 Å². The minimum absolute atomic E-state index is 0.250. The van der Waals surface area contributed by atoms with E-state index in [1.165, 1.54) is 6.08 Å². The Morgan fingerprint density at radius 2 is 1.96 bits per heavy atom. The maximum absolute atomic E-state index is 11.6. The second kappa shape index (κ2) is 7.74. The molecule has 0 aromatic heterocycles. The molecule has 0 fully saturated rings. The molecule has 2 aromatic carbocycles. The molecular formula is C17H16N2O4. The van der Waals surface area contributed by atoms with Crippen molar-refractivity contribution in [1.82, 2.24) is 10.6 Å². The van der Waals surface area contributed by atoms with Gasteiger partial charge in [0.2, 0.25) is 0 Å². The quantitative estimate of drug-likeness (QED) is 0.631. The van der Waals surface area contributed by atoms with E-state index in [9.17, 15) is 14.4 Å². The average molecular weight is 312 g/mol. The molecule has 0 radical (unpaired) electrons. The van der Waals surface area contributed by atoms with Gasteiger partial charge >= 0.3 is 6.03 Å². The van der Waals surface area contributed by atoms with E-state index in [-0.39, 0.29) is 13.2 Å². The molecule has 0 bridgehead atoms. The molecular weight excluding hydrogens is 296 g/mol. The lowest BCUT2D eigenvalue weighted by Crippen LogP contribution is -2.41. The smallest absolute Gasteiger partial charge is 0.321 e. The van der Waals surface area contributed by atoms with Crippen molar-refractivity contribution >= 4 is 29.0 Å². The van der Waals surface area contributed by atoms with Gasteiger partial charge in [0, 0.05) is 6.54 Å². The van der Waals surface area contributed by atoms with E-state index in [0.717, 1.165) is 10.8 Å². The highest BCUT2D eigenvalue weighted by molar-refractivity contribution is 6.01. The molecule has 2 N–H and O–H groups in total. The molecule has 118 valence electrons. The molecule has 0 aliphatic carbocycles. The highest BCUT2D eigenvalue weighted by atomic mass is 16.5. The molecule has 0 spiro atoms. The molecule has 0 aliphatic heterocycles. The molecule has 0 aliphatic rings. The number of carbonyl (C=O) groups is 3. The second-order valence-electron chi connectivity index (χ2n) is 4.65. The van der Waals surface area contributed by atoms with Crippen molar-refractivity contribution in [3.05, 3.63) is 54.6 Å². The van der Waals surface area contributed by atoms with Crippen LogP contribution in [0.2, 0.25) is 0 Å². The zero-order chi connectivity index (χ0) is 16.7. The summed E-state index contributed by atoms with van der Waals surface area (Å²) in [5.41, 5.74) is 0.368. The number of ether oxygens (including phenoxy) is 1. The van der Waals surface area contributed by atoms with E-state index in [4.69, 9.17) is 4.74 Å². The summed E-state index contributed by atoms with van der Waals surface area (Å²) in [7, 11) is 0. The predicted octanol–water partition coefficient (Wildman–Crippen LogP) is 2.04. The lowest BCUT2D eigenvalue weighted by atomic mass is 10.0. The summed E-state index contributed by atoms with van der Waals surface area (Å²) in [4.78, 5) is 34.3. The first kappa shape index (κ1) is 16.2. The summed E-state index contributed by atoms with van der Waals surface area (Å²) in [5.74, 6) is -0.322. The second-order valence-corrected chi connectivity index (χ2v) is 4.65. The van der Waals surface area contributed by atoms with Crippen LogP contribution < -0.4 is 15.4 Å². The Kier molecular flexibility index (Phi) is 5.46. The van der Waals surface area contributed by atoms with Gasteiger partial charge in [0.05, 0.1) is 5.56 Å². The average Bonchev–Trinajstić information content (AvgIpc) is 2.57. The number of hydrogen-bond donors (Lipinski definition) is 2. The maximum Gasteiger partial charge on any atom is 0.321 e. The lowest BCUT2D eigenvalue weighted by molar-refractivity contribution is -0.122. The van der Waals surface area contributed by atoms with Crippen LogP contribution in [0.3, 0.4) is 0 Å². The normalized spacial score (nSPS) is 9.91. The fraction of sp³-hybridized carbons (Fsp3) is 0.118. The number of nitrogens with one attached hydrogen (secondary N) is 2. The fourth-order valence-corrected chi connectivity index (χ4v) is 2.04. The molecule has 23 heavy (non-hydrogen) atoms. The number of hydrogen-bond acceptors (Lipinski definition) is 4. The Morgan fingerprint density at radius 3 is 2.70 bits per heavy atom. The Balaban J connectivity index is 2.04. The molecule has 3 amide bonds. The predicted molar refractivity (Wildman–Crippen MR) is 86.6 cm³/mol. The van der Waals surface area contributed by atoms with E-state index < -0.39 is 11.9 Å². The number of urea groups is 1. The van der Waals surface area contributed by atoms with Crippen LogP contribution in [-0.4, -0.2) is 31.4 Å². The van der Waals surface area contributed by atoms with Crippen molar-refractivity contribution in [2.45, 2.75) is 0 Å². The minimum Gasteiger partial charge on any atom is -0.483 e. The number of carbonyl (C=O) groups excluding carboxylic acids is 3. The van der Waals surface area contributed by atoms with Crippen LogP contribution in [0, 0.1) is 0 Å². The van der Waals surface area contributed by atoms with Crippen LogP contribution in [0.25, 0.3) is 10.8 Å². The highest BCUT2D eigenvalue weighted by Crippen LogP contribution is 2.26. The molecule has 0 saturated carbocycles. The van der Waals surface area contributed by atoms with Crippen molar-refractivity contribution in [1.29, 1.82) is 0 Å². The van der Waals surface area contributed by atoms with Crippen molar-refractivity contribution in [2.75, 3.05) is 13.2 Å². The molecule has 0 unspecified atom stereocenters. The standard InChI is InChI=1S/C17H16N2O4/c1-2-9-18-17(22)19-16(21)11-23-15-8-7-12-5-3-4-6-13(12)14(15)10-20/h2-8,10H,1,9,11H2,(H2,18,19,21,22). The van der Waals surface area contributed by atoms with Gasteiger partial charge < -0.3 is 10.1 Å². The van der Waals surface area contributed by atoms with Gasteiger partial charge in [0.15, 0.2) is 12.9 Å². The van der Waals surface area contributed by atoms with Crippen molar-refractivity contribution < 1.29 is 19.1 Å². The van der Waals surface area contributed by atoms with Gasteiger partial charge in [-0.05, 0) is 16.8 Å². The third kappa shape index (κ3) is 4.16. The summed E-state index contributed by atoms with van der Waals surface area (Å²) < 4.78 is 5.36. The summed E-state index contributed by atoms with van der Waals surface area (Å²) in [5, 5.41) is 6.16. The number of fused-ring (bicyclic) bond motifs is 1. The van der Waals surface area contributed by atoms with Gasteiger partial charge in [-0.15, -0.1) is 6.58 Å². The highest BCUT2D eigenvalue weighted by Gasteiger charge is 2.11. The van der Waals surface area contributed by atoms with Crippen LogP contribution in [0.1, 0.15) is 10.4 Å². The molecule has 0 saturated heterocycles. The number of aldehydes is 1. The van der Waals surface area contributed by atoms with E-state index in [0.29, 0.717) is 17.6 Å². The number of rotatable bonds is 6. The van der Waals surface area contributed by atoms with Crippen LogP contribution in [0.5, 0.6) is 5.75 Å². The number of imide groups is 1. The monoisotopic (exact) mass is 312 g/mol. The first-order chi connectivity index (χ1) is 11.2. The molecule has 0 heterocycles. The molecule has 2 rings (SSSR count). The van der Waals surface area contributed by atoms with E-state index in [2.05, 4.69) is 17.2 Å². The molecule has 0 atom stereocenters. The molecule has 6 heteroatoms. The molecule has 2 aromatic rings. The van der Waals surface area contributed by atoms with Gasteiger partial charge in [-0.3, -0.25) is 14.9 Å². The van der Waals surface area contributed by atoms with Crippen molar-refractivity contribution in [2.24, 2.45) is 0 Å². The Labute approximate surface area is 133 Å². The first-order valence-corrected chi connectivity index (χ1v) is 6.94. The molecule has 6 nitrogen and oxygen atoms in total. The largest absolute Gasteiger partial charge is 0.483 e. The van der Waals surface area contributed by atoms with E-state index >= 15 is 0 Å². The summed E-state index contributed by atoms with van der Waals surface area (Å²) in [6.45, 7) is 3.32. The van der Waals surface area contributed by atoms with Crippen LogP contribution in [-0.2, 0) is 4.79 Å². The van der Waals surface area contributed by atoms with Crippen LogP contribution in [0.4, 0.5) is 4.79 Å². The van der Waals surface area contributed by atoms with Gasteiger partial charge in [-0.25, -0.2) is 4.79 Å². The minimum atomic E-state index is -0.632. The Bertz CT molecular complexity index is 755. The van der Waals surface area contributed by atoms with Gasteiger partial charge in [0.25, 0.3) is 5.91 Å². The van der Waals surface area contributed by atoms with E-state index in [1.807, 2.05) is 18.2 Å². The van der Waals surface area contributed by atoms with Gasteiger partial charge in [-0.1, -0.05) is 36.4 Å². The number of benzene rings is 2. The summed E-state index contributed by atoms with van der Waals surface area (Å²) >= 11 is 0. The van der Waals surface area contributed by atoms with Crippen LogP contribution in [0.15, 0.2) is 49.1 Å². The third-order valence-electron chi connectivity index (χ3n) is 3.07. The van der Waals surface area contributed by atoms with Crippen molar-refractivity contribution in [3.8, 4) is 5.75 Å². The Hall–Kier alpha value is -3.15.